The van der Waals surface area contributed by atoms with Crippen LogP contribution < -0.4 is 0 Å². The van der Waals surface area contributed by atoms with Gasteiger partial charge in [-0.1, -0.05) is 0 Å². The maximum absolute atomic E-state index is 12.4. The fourth-order valence-corrected chi connectivity index (χ4v) is 3.12. The Bertz CT molecular complexity index is 823. The van der Waals surface area contributed by atoms with Crippen LogP contribution >= 0.6 is 0 Å². The summed E-state index contributed by atoms with van der Waals surface area (Å²) in [4.78, 5) is 26.5. The van der Waals surface area contributed by atoms with Gasteiger partial charge < -0.3 is 4.90 Å². The molecule has 3 aromatic rings. The second-order valence-electron chi connectivity index (χ2n) is 5.63. The number of carbonyl (C=O) groups excluding carboxylic acids is 1. The van der Waals surface area contributed by atoms with E-state index in [2.05, 4.69) is 20.1 Å². The Morgan fingerprint density at radius 3 is 2.70 bits per heavy atom. The number of hydrogen-bond acceptors (Lipinski definition) is 5. The standard InChI is InChI=1S/C16H16N6O/c23-16(13-1-6-17-11-19-13)21-9-4-12(5-10-21)14-2-7-18-15-3-8-20-22(14)15/h1-3,6-8,11-12H,4-5,9-10H2. The van der Waals surface area contributed by atoms with Gasteiger partial charge in [-0.2, -0.15) is 5.10 Å². The van der Waals surface area contributed by atoms with Crippen LogP contribution in [0.15, 0.2) is 43.1 Å². The molecule has 0 aliphatic carbocycles. The van der Waals surface area contributed by atoms with E-state index in [-0.39, 0.29) is 5.91 Å². The van der Waals surface area contributed by atoms with Crippen LogP contribution in [0.5, 0.6) is 0 Å². The summed E-state index contributed by atoms with van der Waals surface area (Å²) in [6.07, 6.45) is 8.42. The van der Waals surface area contributed by atoms with Crippen LogP contribution in [0, 0.1) is 0 Å². The van der Waals surface area contributed by atoms with Gasteiger partial charge >= 0.3 is 0 Å². The quantitative estimate of drug-likeness (QED) is 0.718. The molecular formula is C16H16N6O. The lowest BCUT2D eigenvalue weighted by Gasteiger charge is -2.32. The Hall–Kier alpha value is -2.83. The Kier molecular flexibility index (Phi) is 3.45. The lowest BCUT2D eigenvalue weighted by atomic mass is 9.93. The Morgan fingerprint density at radius 2 is 1.91 bits per heavy atom. The van der Waals surface area contributed by atoms with Crippen molar-refractivity contribution in [1.82, 2.24) is 29.5 Å². The number of aromatic nitrogens is 5. The lowest BCUT2D eigenvalue weighted by Crippen LogP contribution is -2.38. The van der Waals surface area contributed by atoms with Crippen LogP contribution in [0.2, 0.25) is 0 Å². The average molecular weight is 308 g/mol. The van der Waals surface area contributed by atoms with E-state index in [1.54, 1.807) is 18.5 Å². The van der Waals surface area contributed by atoms with Gasteiger partial charge in [0.25, 0.3) is 5.91 Å². The molecule has 4 rings (SSSR count). The first-order chi connectivity index (χ1) is 11.3. The van der Waals surface area contributed by atoms with Gasteiger partial charge in [-0.3, -0.25) is 4.79 Å². The van der Waals surface area contributed by atoms with Crippen LogP contribution in [0.1, 0.15) is 34.9 Å². The van der Waals surface area contributed by atoms with Crippen LogP contribution in [-0.4, -0.2) is 48.5 Å². The summed E-state index contributed by atoms with van der Waals surface area (Å²) in [6, 6.07) is 5.58. The van der Waals surface area contributed by atoms with E-state index >= 15 is 0 Å². The first-order valence-corrected chi connectivity index (χ1v) is 7.67. The van der Waals surface area contributed by atoms with Crippen molar-refractivity contribution in [2.75, 3.05) is 13.1 Å². The highest BCUT2D eigenvalue weighted by atomic mass is 16.2. The minimum atomic E-state index is -0.0233. The van der Waals surface area contributed by atoms with Crippen molar-refractivity contribution in [3.05, 3.63) is 54.5 Å². The van der Waals surface area contributed by atoms with Gasteiger partial charge in [0.05, 0.1) is 6.20 Å². The molecule has 3 aromatic heterocycles. The number of amides is 1. The molecule has 0 spiro atoms. The van der Waals surface area contributed by atoms with Crippen molar-refractivity contribution >= 4 is 11.6 Å². The zero-order chi connectivity index (χ0) is 15.6. The number of fused-ring (bicyclic) bond motifs is 1. The summed E-state index contributed by atoms with van der Waals surface area (Å²) in [5.41, 5.74) is 2.48. The molecule has 0 saturated carbocycles. The van der Waals surface area contributed by atoms with Crippen LogP contribution in [0.4, 0.5) is 0 Å². The van der Waals surface area contributed by atoms with Gasteiger partial charge in [0.2, 0.25) is 0 Å². The van der Waals surface area contributed by atoms with Crippen LogP contribution in [-0.2, 0) is 0 Å². The molecule has 116 valence electrons. The van der Waals surface area contributed by atoms with E-state index in [1.165, 1.54) is 6.33 Å². The summed E-state index contributed by atoms with van der Waals surface area (Å²) >= 11 is 0. The van der Waals surface area contributed by atoms with E-state index in [0.717, 1.165) is 37.3 Å². The first kappa shape index (κ1) is 13.8. The minimum absolute atomic E-state index is 0.0233. The van der Waals surface area contributed by atoms with Crippen LogP contribution in [0.3, 0.4) is 0 Å². The van der Waals surface area contributed by atoms with Crippen molar-refractivity contribution in [2.24, 2.45) is 0 Å². The first-order valence-electron chi connectivity index (χ1n) is 7.67. The molecule has 7 nitrogen and oxygen atoms in total. The molecule has 1 aliphatic heterocycles. The average Bonchev–Trinajstić information content (AvgIpc) is 3.11. The van der Waals surface area contributed by atoms with Gasteiger partial charge in [0, 0.05) is 43.2 Å². The summed E-state index contributed by atoms with van der Waals surface area (Å²) in [5.74, 6) is 0.361. The van der Waals surface area contributed by atoms with E-state index < -0.39 is 0 Å². The number of likely N-dealkylation sites (tertiary alicyclic amines) is 1. The molecule has 0 aromatic carbocycles. The predicted molar refractivity (Wildman–Crippen MR) is 82.9 cm³/mol. The Labute approximate surface area is 133 Å². The number of hydrogen-bond donors (Lipinski definition) is 0. The van der Waals surface area contributed by atoms with Crippen molar-refractivity contribution in [3.63, 3.8) is 0 Å². The molecule has 1 saturated heterocycles. The third-order valence-corrected chi connectivity index (χ3v) is 4.32. The zero-order valence-corrected chi connectivity index (χ0v) is 12.5. The molecule has 0 radical (unpaired) electrons. The van der Waals surface area contributed by atoms with E-state index in [1.807, 2.05) is 27.7 Å². The summed E-state index contributed by atoms with van der Waals surface area (Å²) in [6.45, 7) is 1.44. The number of piperidine rings is 1. The second-order valence-corrected chi connectivity index (χ2v) is 5.63. The molecule has 0 bridgehead atoms. The Balaban J connectivity index is 1.49. The highest BCUT2D eigenvalue weighted by molar-refractivity contribution is 5.92. The van der Waals surface area contributed by atoms with E-state index in [9.17, 15) is 4.79 Å². The third-order valence-electron chi connectivity index (χ3n) is 4.32. The maximum Gasteiger partial charge on any atom is 0.272 e. The monoisotopic (exact) mass is 308 g/mol. The van der Waals surface area contributed by atoms with Gasteiger partial charge in [-0.05, 0) is 25.0 Å². The van der Waals surface area contributed by atoms with Crippen molar-refractivity contribution in [3.8, 4) is 0 Å². The van der Waals surface area contributed by atoms with E-state index in [0.29, 0.717) is 11.6 Å². The van der Waals surface area contributed by atoms with Crippen molar-refractivity contribution in [1.29, 1.82) is 0 Å². The van der Waals surface area contributed by atoms with Gasteiger partial charge in [0.1, 0.15) is 12.0 Å². The molecule has 1 aliphatic rings. The highest BCUT2D eigenvalue weighted by Crippen LogP contribution is 2.28. The zero-order valence-electron chi connectivity index (χ0n) is 12.5. The van der Waals surface area contributed by atoms with E-state index in [4.69, 9.17) is 0 Å². The maximum atomic E-state index is 12.4. The molecule has 1 amide bonds. The molecule has 23 heavy (non-hydrogen) atoms. The predicted octanol–water partition coefficient (Wildman–Crippen LogP) is 1.54. The van der Waals surface area contributed by atoms with Gasteiger partial charge in [-0.25, -0.2) is 19.5 Å². The van der Waals surface area contributed by atoms with Gasteiger partial charge in [-0.15, -0.1) is 0 Å². The number of nitrogens with zero attached hydrogens (tertiary/aromatic N) is 6. The Morgan fingerprint density at radius 1 is 1.04 bits per heavy atom. The molecule has 0 N–H and O–H groups in total. The molecule has 0 unspecified atom stereocenters. The molecule has 7 heteroatoms. The highest BCUT2D eigenvalue weighted by Gasteiger charge is 2.26. The van der Waals surface area contributed by atoms with Crippen LogP contribution in [0.25, 0.3) is 5.65 Å². The second kappa shape index (κ2) is 5.75. The van der Waals surface area contributed by atoms with Gasteiger partial charge in [0.15, 0.2) is 5.65 Å². The van der Waals surface area contributed by atoms with Crippen molar-refractivity contribution < 1.29 is 4.79 Å². The SMILES string of the molecule is O=C(c1ccncn1)N1CCC(c2ccnc3ccnn23)CC1. The normalized spacial score (nSPS) is 15.9. The molecule has 4 heterocycles. The minimum Gasteiger partial charge on any atom is -0.337 e. The molecule has 1 fully saturated rings. The van der Waals surface area contributed by atoms with Crippen molar-refractivity contribution in [2.45, 2.75) is 18.8 Å². The summed E-state index contributed by atoms with van der Waals surface area (Å²) in [5, 5.41) is 4.35. The molecular weight excluding hydrogens is 292 g/mol. The topological polar surface area (TPSA) is 76.3 Å². The summed E-state index contributed by atoms with van der Waals surface area (Å²) in [7, 11) is 0. The smallest absolute Gasteiger partial charge is 0.272 e. The number of rotatable bonds is 2. The largest absolute Gasteiger partial charge is 0.337 e. The lowest BCUT2D eigenvalue weighted by molar-refractivity contribution is 0.0705. The molecule has 0 atom stereocenters. The fraction of sp³-hybridized carbons (Fsp3) is 0.312. The third kappa shape index (κ3) is 2.54. The fourth-order valence-electron chi connectivity index (χ4n) is 3.12. The number of carbonyl (C=O) groups is 1. The summed E-state index contributed by atoms with van der Waals surface area (Å²) < 4.78 is 1.90.